The first-order chi connectivity index (χ1) is 8.00. The molecule has 3 N–H and O–H groups in total. The average Bonchev–Trinajstić information content (AvgIpc) is 3.10. The van der Waals surface area contributed by atoms with Gasteiger partial charge in [0.05, 0.1) is 5.69 Å². The van der Waals surface area contributed by atoms with Gasteiger partial charge in [0.15, 0.2) is 0 Å². The molecule has 94 valence electrons. The molecule has 1 aromatic rings. The third-order valence-corrected chi connectivity index (χ3v) is 4.59. The first-order valence-electron chi connectivity index (χ1n) is 5.70. The van der Waals surface area contributed by atoms with Crippen molar-refractivity contribution in [3.05, 3.63) is 18.5 Å². The summed E-state index contributed by atoms with van der Waals surface area (Å²) in [6, 6.07) is 1.49. The molecule has 1 aromatic heterocycles. The van der Waals surface area contributed by atoms with Crippen LogP contribution < -0.4 is 10.5 Å². The van der Waals surface area contributed by atoms with Crippen molar-refractivity contribution in [1.29, 1.82) is 0 Å². The van der Waals surface area contributed by atoms with Crippen LogP contribution in [0.5, 0.6) is 0 Å². The molecule has 0 spiro atoms. The van der Waals surface area contributed by atoms with E-state index in [0.717, 1.165) is 0 Å². The van der Waals surface area contributed by atoms with E-state index in [1.807, 2.05) is 0 Å². The topological polar surface area (TPSA) is 85.1 Å². The zero-order valence-corrected chi connectivity index (χ0v) is 10.6. The van der Waals surface area contributed by atoms with Crippen molar-refractivity contribution in [3.8, 4) is 0 Å². The van der Waals surface area contributed by atoms with Crippen LogP contribution in [0.15, 0.2) is 23.4 Å². The molecule has 1 aliphatic carbocycles. The van der Waals surface area contributed by atoms with Gasteiger partial charge < -0.3 is 5.73 Å². The fourth-order valence-corrected chi connectivity index (χ4v) is 2.98. The molecule has 1 fully saturated rings. The quantitative estimate of drug-likeness (QED) is 0.821. The number of hydrogen-bond donors (Lipinski definition) is 2. The lowest BCUT2D eigenvalue weighted by Crippen LogP contribution is -2.29. The summed E-state index contributed by atoms with van der Waals surface area (Å²) in [7, 11) is -3.53. The summed E-state index contributed by atoms with van der Waals surface area (Å²) in [5.41, 5.74) is 5.85. The normalized spacial score (nSPS) is 17.9. The molecule has 0 aliphatic heterocycles. The third-order valence-electron chi connectivity index (χ3n) is 3.13. The van der Waals surface area contributed by atoms with Gasteiger partial charge in [0.1, 0.15) is 4.90 Å². The third kappa shape index (κ3) is 2.95. The highest BCUT2D eigenvalue weighted by molar-refractivity contribution is 7.89. The van der Waals surface area contributed by atoms with E-state index in [0.29, 0.717) is 18.4 Å². The number of nitrogens with two attached hydrogens (primary N) is 1. The lowest BCUT2D eigenvalue weighted by Gasteiger charge is -2.12. The van der Waals surface area contributed by atoms with Crippen LogP contribution in [0.4, 0.5) is 5.69 Å². The molecule has 6 heteroatoms. The molecule has 0 radical (unpaired) electrons. The number of rotatable bonds is 5. The second-order valence-corrected chi connectivity index (χ2v) is 6.32. The minimum atomic E-state index is -3.53. The summed E-state index contributed by atoms with van der Waals surface area (Å²) in [4.78, 5) is 3.85. The molecule has 1 atom stereocenters. The van der Waals surface area contributed by atoms with E-state index in [1.165, 1.54) is 31.3 Å². The average molecular weight is 255 g/mol. The van der Waals surface area contributed by atoms with Crippen molar-refractivity contribution in [2.75, 3.05) is 12.3 Å². The van der Waals surface area contributed by atoms with Gasteiger partial charge in [-0.2, -0.15) is 0 Å². The van der Waals surface area contributed by atoms with Gasteiger partial charge in [-0.05, 0) is 30.7 Å². The summed E-state index contributed by atoms with van der Waals surface area (Å²) >= 11 is 0. The molecule has 1 heterocycles. The summed E-state index contributed by atoms with van der Waals surface area (Å²) in [5.74, 6) is 1.05. The van der Waals surface area contributed by atoms with Crippen molar-refractivity contribution >= 4 is 15.7 Å². The van der Waals surface area contributed by atoms with Gasteiger partial charge in [-0.3, -0.25) is 4.98 Å². The number of pyridine rings is 1. The van der Waals surface area contributed by atoms with Crippen molar-refractivity contribution in [1.82, 2.24) is 9.71 Å². The van der Waals surface area contributed by atoms with E-state index in [-0.39, 0.29) is 10.6 Å². The van der Waals surface area contributed by atoms with Crippen LogP contribution in [0.2, 0.25) is 0 Å². The predicted octanol–water partition coefficient (Wildman–Crippen LogP) is 0.988. The fourth-order valence-electron chi connectivity index (χ4n) is 1.77. The Labute approximate surface area is 101 Å². The van der Waals surface area contributed by atoms with Crippen LogP contribution in [0, 0.1) is 11.8 Å². The summed E-state index contributed by atoms with van der Waals surface area (Å²) in [6.45, 7) is 2.52. The minimum absolute atomic E-state index is 0.0583. The largest absolute Gasteiger partial charge is 0.398 e. The van der Waals surface area contributed by atoms with Crippen LogP contribution in [0.1, 0.15) is 19.8 Å². The van der Waals surface area contributed by atoms with E-state index in [4.69, 9.17) is 5.73 Å². The van der Waals surface area contributed by atoms with Gasteiger partial charge in [-0.25, -0.2) is 13.1 Å². The van der Waals surface area contributed by atoms with Gasteiger partial charge in [0.25, 0.3) is 0 Å². The molecular weight excluding hydrogens is 238 g/mol. The standard InChI is InChI=1S/C11H17N3O2S/c1-8(9-2-3-9)6-14-17(15,16)11-7-13-5-4-10(11)12/h4-5,7-9,14H,2-3,6H2,1H3,(H2,12,13). The lowest BCUT2D eigenvalue weighted by atomic mass is 10.1. The maximum Gasteiger partial charge on any atom is 0.244 e. The SMILES string of the molecule is CC(CNS(=O)(=O)c1cnccc1N)C1CC1. The number of sulfonamides is 1. The monoisotopic (exact) mass is 255 g/mol. The molecular formula is C11H17N3O2S. The maximum absolute atomic E-state index is 12.0. The molecule has 0 amide bonds. The van der Waals surface area contributed by atoms with Crippen molar-refractivity contribution in [2.45, 2.75) is 24.7 Å². The van der Waals surface area contributed by atoms with E-state index in [2.05, 4.69) is 16.6 Å². The molecule has 0 aromatic carbocycles. The maximum atomic E-state index is 12.0. The summed E-state index contributed by atoms with van der Waals surface area (Å²) < 4.78 is 26.5. The zero-order valence-electron chi connectivity index (χ0n) is 9.76. The number of anilines is 1. The molecule has 2 rings (SSSR count). The molecule has 0 saturated heterocycles. The number of hydrogen-bond acceptors (Lipinski definition) is 4. The Bertz CT molecular complexity index is 497. The second kappa shape index (κ2) is 4.62. The summed E-state index contributed by atoms with van der Waals surface area (Å²) in [5, 5.41) is 0. The molecule has 5 nitrogen and oxygen atoms in total. The predicted molar refractivity (Wildman–Crippen MR) is 65.7 cm³/mol. The van der Waals surface area contributed by atoms with Crippen LogP contribution in [-0.4, -0.2) is 19.9 Å². The highest BCUT2D eigenvalue weighted by Crippen LogP contribution is 2.36. The Balaban J connectivity index is 2.05. The van der Waals surface area contributed by atoms with Gasteiger partial charge in [0, 0.05) is 18.9 Å². The van der Waals surface area contributed by atoms with Crippen molar-refractivity contribution < 1.29 is 8.42 Å². The highest BCUT2D eigenvalue weighted by atomic mass is 32.2. The number of nitrogens with one attached hydrogen (secondary N) is 1. The summed E-state index contributed by atoms with van der Waals surface area (Å²) in [6.07, 6.45) is 5.16. The Morgan fingerprint density at radius 1 is 1.59 bits per heavy atom. The Hall–Kier alpha value is -1.14. The van der Waals surface area contributed by atoms with Gasteiger partial charge in [0.2, 0.25) is 10.0 Å². The van der Waals surface area contributed by atoms with E-state index in [9.17, 15) is 8.42 Å². The zero-order chi connectivity index (χ0) is 12.5. The Morgan fingerprint density at radius 2 is 2.29 bits per heavy atom. The Kier molecular flexibility index (Phi) is 3.35. The van der Waals surface area contributed by atoms with E-state index in [1.54, 1.807) is 0 Å². The smallest absolute Gasteiger partial charge is 0.244 e. The van der Waals surface area contributed by atoms with Crippen LogP contribution in [0.25, 0.3) is 0 Å². The van der Waals surface area contributed by atoms with Crippen LogP contribution >= 0.6 is 0 Å². The van der Waals surface area contributed by atoms with Gasteiger partial charge >= 0.3 is 0 Å². The van der Waals surface area contributed by atoms with Crippen molar-refractivity contribution in [3.63, 3.8) is 0 Å². The number of aromatic nitrogens is 1. The first kappa shape index (κ1) is 12.3. The first-order valence-corrected chi connectivity index (χ1v) is 7.18. The molecule has 1 aliphatic rings. The molecule has 1 saturated carbocycles. The van der Waals surface area contributed by atoms with Crippen LogP contribution in [0.3, 0.4) is 0 Å². The highest BCUT2D eigenvalue weighted by Gasteiger charge is 2.29. The molecule has 1 unspecified atom stereocenters. The molecule has 17 heavy (non-hydrogen) atoms. The van der Waals surface area contributed by atoms with E-state index >= 15 is 0 Å². The fraction of sp³-hybridized carbons (Fsp3) is 0.545. The van der Waals surface area contributed by atoms with E-state index < -0.39 is 10.0 Å². The van der Waals surface area contributed by atoms with Gasteiger partial charge in [-0.1, -0.05) is 6.92 Å². The Morgan fingerprint density at radius 3 is 2.88 bits per heavy atom. The van der Waals surface area contributed by atoms with Crippen molar-refractivity contribution in [2.24, 2.45) is 11.8 Å². The minimum Gasteiger partial charge on any atom is -0.398 e. The number of nitrogen functional groups attached to an aromatic ring is 1. The second-order valence-electron chi connectivity index (χ2n) is 4.58. The molecule has 0 bridgehead atoms. The number of nitrogens with zero attached hydrogens (tertiary/aromatic N) is 1. The lowest BCUT2D eigenvalue weighted by molar-refractivity contribution is 0.492. The van der Waals surface area contributed by atoms with Crippen LogP contribution in [-0.2, 0) is 10.0 Å². The van der Waals surface area contributed by atoms with Gasteiger partial charge in [-0.15, -0.1) is 0 Å².